The van der Waals surface area contributed by atoms with Gasteiger partial charge in [0.15, 0.2) is 5.78 Å². The fraction of sp³-hybridized carbons (Fsp3) is 0.350. The van der Waals surface area contributed by atoms with Crippen molar-refractivity contribution in [3.8, 4) is 0 Å². The van der Waals surface area contributed by atoms with Gasteiger partial charge in [0.2, 0.25) is 0 Å². The lowest BCUT2D eigenvalue weighted by molar-refractivity contribution is 0.0992. The molecule has 0 radical (unpaired) electrons. The van der Waals surface area contributed by atoms with E-state index >= 15 is 0 Å². The molecule has 0 heterocycles. The fourth-order valence-electron chi connectivity index (χ4n) is 2.50. The Hall–Kier alpha value is -1.89. The van der Waals surface area contributed by atoms with Crippen molar-refractivity contribution in [1.29, 1.82) is 0 Å². The molecular weight excluding hydrogens is 256 g/mol. The summed E-state index contributed by atoms with van der Waals surface area (Å²) in [6.45, 7) is 8.53. The van der Waals surface area contributed by atoms with Crippen LogP contribution in [0.15, 0.2) is 42.5 Å². The van der Waals surface area contributed by atoms with Crippen LogP contribution in [0.25, 0.3) is 0 Å². The lowest BCUT2D eigenvalue weighted by Gasteiger charge is -2.10. The molecule has 21 heavy (non-hydrogen) atoms. The van der Waals surface area contributed by atoms with Crippen molar-refractivity contribution in [2.24, 2.45) is 0 Å². The second-order valence-corrected chi connectivity index (χ2v) is 5.96. The zero-order valence-electron chi connectivity index (χ0n) is 13.4. The first-order chi connectivity index (χ1) is 10.0. The van der Waals surface area contributed by atoms with E-state index in [4.69, 9.17) is 0 Å². The van der Waals surface area contributed by atoms with E-state index in [1.54, 1.807) is 0 Å². The molecule has 0 aliphatic heterocycles. The standard InChI is InChI=1S/C20H24O/c1-5-15(3)17-8-10-18(11-9-17)20(21)13-19-12-14(2)6-7-16(19)4/h6-12,15H,5,13H2,1-4H3. The summed E-state index contributed by atoms with van der Waals surface area (Å²) in [6.07, 6.45) is 1.60. The van der Waals surface area contributed by atoms with Crippen molar-refractivity contribution in [1.82, 2.24) is 0 Å². The Bertz CT molecular complexity index is 623. The summed E-state index contributed by atoms with van der Waals surface area (Å²) in [7, 11) is 0. The summed E-state index contributed by atoms with van der Waals surface area (Å²) >= 11 is 0. The van der Waals surface area contributed by atoms with Gasteiger partial charge in [-0.25, -0.2) is 0 Å². The molecule has 0 saturated heterocycles. The van der Waals surface area contributed by atoms with Gasteiger partial charge in [-0.1, -0.05) is 61.9 Å². The van der Waals surface area contributed by atoms with E-state index in [0.29, 0.717) is 12.3 Å². The quantitative estimate of drug-likeness (QED) is 0.684. The largest absolute Gasteiger partial charge is 0.294 e. The van der Waals surface area contributed by atoms with Crippen LogP contribution in [0.1, 0.15) is 58.8 Å². The summed E-state index contributed by atoms with van der Waals surface area (Å²) in [5.41, 5.74) is 5.63. The summed E-state index contributed by atoms with van der Waals surface area (Å²) in [4.78, 5) is 12.4. The Morgan fingerprint density at radius 1 is 1.05 bits per heavy atom. The predicted molar refractivity (Wildman–Crippen MR) is 89.1 cm³/mol. The molecule has 110 valence electrons. The third-order valence-electron chi connectivity index (χ3n) is 4.27. The van der Waals surface area contributed by atoms with Crippen molar-refractivity contribution in [3.63, 3.8) is 0 Å². The zero-order valence-corrected chi connectivity index (χ0v) is 13.4. The molecular formula is C20H24O. The molecule has 1 unspecified atom stereocenters. The van der Waals surface area contributed by atoms with E-state index in [-0.39, 0.29) is 5.78 Å². The number of carbonyl (C=O) groups excluding carboxylic acids is 1. The lowest BCUT2D eigenvalue weighted by atomic mass is 9.94. The lowest BCUT2D eigenvalue weighted by Crippen LogP contribution is -2.05. The Labute approximate surface area is 128 Å². The Balaban J connectivity index is 2.15. The monoisotopic (exact) mass is 280 g/mol. The van der Waals surface area contributed by atoms with Crippen LogP contribution in [0.4, 0.5) is 0 Å². The molecule has 2 aromatic carbocycles. The number of benzene rings is 2. The molecule has 0 aliphatic rings. The van der Waals surface area contributed by atoms with Crippen LogP contribution in [0.3, 0.4) is 0 Å². The van der Waals surface area contributed by atoms with Gasteiger partial charge >= 0.3 is 0 Å². The smallest absolute Gasteiger partial charge is 0.167 e. The van der Waals surface area contributed by atoms with Gasteiger partial charge < -0.3 is 0 Å². The van der Waals surface area contributed by atoms with Gasteiger partial charge in [0.1, 0.15) is 0 Å². The van der Waals surface area contributed by atoms with E-state index in [1.165, 1.54) is 16.7 Å². The molecule has 0 fully saturated rings. The van der Waals surface area contributed by atoms with Crippen molar-refractivity contribution in [2.45, 2.75) is 46.5 Å². The van der Waals surface area contributed by atoms with Crippen LogP contribution in [-0.2, 0) is 6.42 Å². The first-order valence-corrected chi connectivity index (χ1v) is 7.70. The first kappa shape index (κ1) is 15.5. The number of ketones is 1. The molecule has 0 aromatic heterocycles. The predicted octanol–water partition coefficient (Wildman–Crippen LogP) is 5.24. The van der Waals surface area contributed by atoms with Gasteiger partial charge in [-0.05, 0) is 42.9 Å². The second-order valence-electron chi connectivity index (χ2n) is 5.96. The van der Waals surface area contributed by atoms with Crippen molar-refractivity contribution >= 4 is 5.78 Å². The summed E-state index contributed by atoms with van der Waals surface area (Å²) < 4.78 is 0. The van der Waals surface area contributed by atoms with Crippen LogP contribution in [0.5, 0.6) is 0 Å². The van der Waals surface area contributed by atoms with Gasteiger partial charge in [0.25, 0.3) is 0 Å². The maximum Gasteiger partial charge on any atom is 0.167 e. The van der Waals surface area contributed by atoms with Gasteiger partial charge in [-0.15, -0.1) is 0 Å². The topological polar surface area (TPSA) is 17.1 Å². The van der Waals surface area contributed by atoms with E-state index in [9.17, 15) is 4.79 Å². The van der Waals surface area contributed by atoms with Crippen molar-refractivity contribution in [2.75, 3.05) is 0 Å². The highest BCUT2D eigenvalue weighted by Gasteiger charge is 2.10. The third kappa shape index (κ3) is 3.81. The van der Waals surface area contributed by atoms with Crippen molar-refractivity contribution < 1.29 is 4.79 Å². The van der Waals surface area contributed by atoms with E-state index in [0.717, 1.165) is 17.5 Å². The molecule has 0 amide bonds. The Morgan fingerprint density at radius 3 is 2.33 bits per heavy atom. The molecule has 1 atom stereocenters. The summed E-state index contributed by atoms with van der Waals surface area (Å²) in [6, 6.07) is 14.4. The minimum Gasteiger partial charge on any atom is -0.294 e. The molecule has 0 bridgehead atoms. The first-order valence-electron chi connectivity index (χ1n) is 7.70. The maximum atomic E-state index is 12.4. The zero-order chi connectivity index (χ0) is 15.4. The third-order valence-corrected chi connectivity index (χ3v) is 4.27. The minimum atomic E-state index is 0.194. The molecule has 0 saturated carbocycles. The molecule has 0 aliphatic carbocycles. The number of aryl methyl sites for hydroxylation is 2. The average Bonchev–Trinajstić information content (AvgIpc) is 2.50. The Kier molecular flexibility index (Phi) is 4.95. The number of rotatable bonds is 5. The van der Waals surface area contributed by atoms with Gasteiger partial charge in [-0.3, -0.25) is 4.79 Å². The van der Waals surface area contributed by atoms with E-state index in [1.807, 2.05) is 12.1 Å². The molecule has 1 nitrogen and oxygen atoms in total. The van der Waals surface area contributed by atoms with Crippen LogP contribution in [-0.4, -0.2) is 5.78 Å². The van der Waals surface area contributed by atoms with Gasteiger partial charge in [-0.2, -0.15) is 0 Å². The number of hydrogen-bond donors (Lipinski definition) is 0. The average molecular weight is 280 g/mol. The summed E-state index contributed by atoms with van der Waals surface area (Å²) in [5, 5.41) is 0. The van der Waals surface area contributed by atoms with Crippen LogP contribution < -0.4 is 0 Å². The molecule has 1 heteroatoms. The van der Waals surface area contributed by atoms with Crippen LogP contribution >= 0.6 is 0 Å². The maximum absolute atomic E-state index is 12.4. The highest BCUT2D eigenvalue weighted by Crippen LogP contribution is 2.20. The molecule has 0 spiro atoms. The normalized spacial score (nSPS) is 12.2. The highest BCUT2D eigenvalue weighted by molar-refractivity contribution is 5.97. The minimum absolute atomic E-state index is 0.194. The number of Topliss-reactive ketones (excluding diaryl/α,β-unsaturated/α-hetero) is 1. The van der Waals surface area contributed by atoms with E-state index < -0.39 is 0 Å². The molecule has 0 N–H and O–H groups in total. The van der Waals surface area contributed by atoms with Crippen molar-refractivity contribution in [3.05, 3.63) is 70.3 Å². The van der Waals surface area contributed by atoms with Crippen LogP contribution in [0.2, 0.25) is 0 Å². The summed E-state index contributed by atoms with van der Waals surface area (Å²) in [5.74, 6) is 0.743. The fourth-order valence-corrected chi connectivity index (χ4v) is 2.50. The SMILES string of the molecule is CCC(C)c1ccc(C(=O)Cc2cc(C)ccc2C)cc1. The molecule has 2 aromatic rings. The van der Waals surface area contributed by atoms with Crippen LogP contribution in [0, 0.1) is 13.8 Å². The second kappa shape index (κ2) is 6.71. The van der Waals surface area contributed by atoms with Gasteiger partial charge in [0.05, 0.1) is 0 Å². The number of carbonyl (C=O) groups is 1. The van der Waals surface area contributed by atoms with Gasteiger partial charge in [0, 0.05) is 12.0 Å². The molecule has 2 rings (SSSR count). The van der Waals surface area contributed by atoms with E-state index in [2.05, 4.69) is 58.0 Å². The number of hydrogen-bond acceptors (Lipinski definition) is 1. The Morgan fingerprint density at radius 2 is 1.71 bits per heavy atom. The highest BCUT2D eigenvalue weighted by atomic mass is 16.1.